The third-order valence-corrected chi connectivity index (χ3v) is 7.07. The van der Waals surface area contributed by atoms with Crippen molar-refractivity contribution in [3.63, 3.8) is 0 Å². The molecule has 0 aliphatic carbocycles. The van der Waals surface area contributed by atoms with Gasteiger partial charge in [0.15, 0.2) is 0 Å². The summed E-state index contributed by atoms with van der Waals surface area (Å²) in [6.07, 6.45) is 0. The fourth-order valence-corrected chi connectivity index (χ4v) is 5.60. The summed E-state index contributed by atoms with van der Waals surface area (Å²) in [6.45, 7) is 0. The molecule has 0 saturated carbocycles. The minimum Gasteiger partial charge on any atom is -0.456 e. The van der Waals surface area contributed by atoms with Crippen LogP contribution in [0.25, 0.3) is 77.3 Å². The monoisotopic (exact) mass is 434 g/mol. The van der Waals surface area contributed by atoms with Crippen molar-refractivity contribution in [1.29, 1.82) is 0 Å². The van der Waals surface area contributed by atoms with E-state index in [4.69, 9.17) is 8.83 Å². The van der Waals surface area contributed by atoms with Crippen LogP contribution >= 0.6 is 0 Å². The van der Waals surface area contributed by atoms with Gasteiger partial charge in [-0.2, -0.15) is 0 Å². The second-order valence-corrected chi connectivity index (χ2v) is 8.88. The van der Waals surface area contributed by atoms with E-state index in [2.05, 4.69) is 109 Å². The Hall–Kier alpha value is -4.56. The number of rotatable bonds is 2. The molecule has 2 heteroatoms. The summed E-state index contributed by atoms with van der Waals surface area (Å²) in [6, 6.07) is 38.1. The lowest BCUT2D eigenvalue weighted by Gasteiger charge is -2.21. The average Bonchev–Trinajstić information content (AvgIpc) is 2.91. The van der Waals surface area contributed by atoms with Crippen LogP contribution in [0.15, 0.2) is 118 Å². The van der Waals surface area contributed by atoms with Crippen molar-refractivity contribution >= 4 is 43.9 Å². The zero-order valence-corrected chi connectivity index (χ0v) is 18.2. The van der Waals surface area contributed by atoms with E-state index in [1.54, 1.807) is 0 Å². The topological polar surface area (TPSA) is 26.3 Å². The minimum absolute atomic E-state index is 0.879. The van der Waals surface area contributed by atoms with Crippen molar-refractivity contribution < 1.29 is 8.83 Å². The van der Waals surface area contributed by atoms with Gasteiger partial charge in [-0.3, -0.25) is 0 Å². The van der Waals surface area contributed by atoms with Crippen molar-refractivity contribution in [2.24, 2.45) is 0 Å². The Morgan fingerprint density at radius 1 is 0.353 bits per heavy atom. The van der Waals surface area contributed by atoms with E-state index < -0.39 is 0 Å². The average molecular weight is 434 g/mol. The molecule has 0 radical (unpaired) electrons. The molecule has 0 atom stereocenters. The molecule has 2 heterocycles. The Labute approximate surface area is 195 Å². The highest BCUT2D eigenvalue weighted by atomic mass is 16.3. The molecule has 8 rings (SSSR count). The maximum absolute atomic E-state index is 6.52. The summed E-state index contributed by atoms with van der Waals surface area (Å²) in [4.78, 5) is 0. The summed E-state index contributed by atoms with van der Waals surface area (Å²) in [5.74, 6) is 0. The lowest BCUT2D eigenvalue weighted by Crippen LogP contribution is -1.96. The lowest BCUT2D eigenvalue weighted by molar-refractivity contribution is 0.646. The molecule has 0 unspecified atom stereocenters. The molecule has 6 aromatic carbocycles. The summed E-state index contributed by atoms with van der Waals surface area (Å²) >= 11 is 0. The van der Waals surface area contributed by atoms with Gasteiger partial charge in [-0.25, -0.2) is 0 Å². The van der Waals surface area contributed by atoms with Crippen LogP contribution in [-0.2, 0) is 0 Å². The van der Waals surface area contributed by atoms with Crippen molar-refractivity contribution in [2.45, 2.75) is 0 Å². The summed E-state index contributed by atoms with van der Waals surface area (Å²) < 4.78 is 13.0. The maximum atomic E-state index is 6.52. The second kappa shape index (κ2) is 6.49. The first kappa shape index (κ1) is 17.9. The summed E-state index contributed by atoms with van der Waals surface area (Å²) in [5.41, 5.74) is 10.6. The van der Waals surface area contributed by atoms with Crippen molar-refractivity contribution in [3.8, 4) is 33.4 Å². The van der Waals surface area contributed by atoms with E-state index in [-0.39, 0.29) is 0 Å². The molecule has 0 fully saturated rings. The Morgan fingerprint density at radius 3 is 1.21 bits per heavy atom. The van der Waals surface area contributed by atoms with Gasteiger partial charge in [0.1, 0.15) is 22.3 Å². The van der Waals surface area contributed by atoms with Gasteiger partial charge < -0.3 is 8.83 Å². The van der Waals surface area contributed by atoms with Crippen LogP contribution in [0.3, 0.4) is 0 Å². The van der Waals surface area contributed by atoms with Crippen LogP contribution in [-0.4, -0.2) is 0 Å². The zero-order chi connectivity index (χ0) is 22.2. The van der Waals surface area contributed by atoms with Gasteiger partial charge in [0.2, 0.25) is 0 Å². The van der Waals surface area contributed by atoms with E-state index in [9.17, 15) is 0 Å². The standard InChI is InChI=1S/C32H18O2/c1-3-7-19(8-4-1)21-11-15-25-29-23(21)13-17-27-31(29)32-28(33-25)18-14-24-22(20-9-5-2-6-10-20)12-16-26(34-27)30(24)32/h1-18H. The van der Waals surface area contributed by atoms with Gasteiger partial charge in [0.25, 0.3) is 0 Å². The molecule has 34 heavy (non-hydrogen) atoms. The number of hydrogen-bond donors (Lipinski definition) is 0. The largest absolute Gasteiger partial charge is 0.456 e. The van der Waals surface area contributed by atoms with Crippen LogP contribution in [0.1, 0.15) is 0 Å². The van der Waals surface area contributed by atoms with E-state index in [1.807, 2.05) is 0 Å². The number of hydrogen-bond acceptors (Lipinski definition) is 2. The Balaban J connectivity index is 1.55. The highest BCUT2D eigenvalue weighted by Gasteiger charge is 2.26. The van der Waals surface area contributed by atoms with E-state index in [0.717, 1.165) is 44.2 Å². The predicted molar refractivity (Wildman–Crippen MR) is 140 cm³/mol. The predicted octanol–water partition coefficient (Wildman–Crippen LogP) is 9.36. The molecule has 0 amide bonds. The highest BCUT2D eigenvalue weighted by molar-refractivity contribution is 6.26. The minimum atomic E-state index is 0.879. The van der Waals surface area contributed by atoms with E-state index in [1.165, 1.54) is 33.0 Å². The van der Waals surface area contributed by atoms with Crippen LogP contribution in [0.2, 0.25) is 0 Å². The Bertz CT molecular complexity index is 1790. The first-order valence-electron chi connectivity index (χ1n) is 11.5. The SMILES string of the molecule is c1ccc(-c2ccc3oc4ccc5c(-c6ccccc6)ccc6oc7ccc2c3c7-c4c65)cc1. The van der Waals surface area contributed by atoms with Gasteiger partial charge in [0.05, 0.1) is 0 Å². The van der Waals surface area contributed by atoms with Gasteiger partial charge in [-0.15, -0.1) is 0 Å². The molecule has 0 spiro atoms. The molecule has 2 nitrogen and oxygen atoms in total. The normalized spacial score (nSPS) is 12.1. The maximum Gasteiger partial charge on any atom is 0.136 e. The fourth-order valence-electron chi connectivity index (χ4n) is 5.60. The lowest BCUT2D eigenvalue weighted by atomic mass is 9.86. The molecule has 6 aromatic rings. The Kier molecular flexibility index (Phi) is 3.42. The van der Waals surface area contributed by atoms with Crippen molar-refractivity contribution in [2.75, 3.05) is 0 Å². The van der Waals surface area contributed by atoms with Crippen molar-refractivity contribution in [3.05, 3.63) is 109 Å². The van der Waals surface area contributed by atoms with Crippen LogP contribution < -0.4 is 0 Å². The zero-order valence-electron chi connectivity index (χ0n) is 18.2. The third-order valence-electron chi connectivity index (χ3n) is 7.07. The van der Waals surface area contributed by atoms with E-state index >= 15 is 0 Å². The number of benzene rings is 6. The van der Waals surface area contributed by atoms with Gasteiger partial charge in [-0.05, 0) is 69.4 Å². The first-order valence-corrected chi connectivity index (χ1v) is 11.5. The summed E-state index contributed by atoms with van der Waals surface area (Å²) in [7, 11) is 0. The Morgan fingerprint density at radius 2 is 0.765 bits per heavy atom. The second-order valence-electron chi connectivity index (χ2n) is 8.88. The molecular weight excluding hydrogens is 416 g/mol. The smallest absolute Gasteiger partial charge is 0.136 e. The molecule has 2 aliphatic heterocycles. The molecule has 2 aliphatic rings. The van der Waals surface area contributed by atoms with Crippen LogP contribution in [0, 0.1) is 0 Å². The van der Waals surface area contributed by atoms with Gasteiger partial charge >= 0.3 is 0 Å². The van der Waals surface area contributed by atoms with Gasteiger partial charge in [0, 0.05) is 21.9 Å². The van der Waals surface area contributed by atoms with E-state index in [0.29, 0.717) is 0 Å². The van der Waals surface area contributed by atoms with Crippen LogP contribution in [0.5, 0.6) is 0 Å². The first-order chi connectivity index (χ1) is 16.9. The van der Waals surface area contributed by atoms with Gasteiger partial charge in [-0.1, -0.05) is 72.8 Å². The molecular formula is C32H18O2. The molecule has 0 bridgehead atoms. The highest BCUT2D eigenvalue weighted by Crippen LogP contribution is 2.50. The van der Waals surface area contributed by atoms with Crippen molar-refractivity contribution in [1.82, 2.24) is 0 Å². The molecule has 0 N–H and O–H groups in total. The summed E-state index contributed by atoms with van der Waals surface area (Å²) in [5, 5.41) is 4.59. The molecule has 158 valence electrons. The fraction of sp³-hybridized carbons (Fsp3) is 0. The molecule has 0 saturated heterocycles. The quantitative estimate of drug-likeness (QED) is 0.200. The van der Waals surface area contributed by atoms with Crippen LogP contribution in [0.4, 0.5) is 0 Å². The molecule has 0 aromatic heterocycles. The third kappa shape index (κ3) is 2.29.